The van der Waals surface area contributed by atoms with Crippen LogP contribution in [0.3, 0.4) is 0 Å². The van der Waals surface area contributed by atoms with Gasteiger partial charge in [0.25, 0.3) is 0 Å². The molecule has 1 aliphatic carbocycles. The number of nitrogens with one attached hydrogen (secondary N) is 1. The first kappa shape index (κ1) is 18.8. The van der Waals surface area contributed by atoms with Gasteiger partial charge in [0.1, 0.15) is 5.60 Å². The van der Waals surface area contributed by atoms with Gasteiger partial charge in [0.15, 0.2) is 0 Å². The molecule has 2 rings (SSSR count). The van der Waals surface area contributed by atoms with Crippen molar-refractivity contribution in [3.8, 4) is 6.07 Å². The van der Waals surface area contributed by atoms with Crippen molar-refractivity contribution in [2.24, 2.45) is 5.92 Å². The largest absolute Gasteiger partial charge is 0.481 e. The summed E-state index contributed by atoms with van der Waals surface area (Å²) in [4.78, 5) is 23.2. The fraction of sp³-hybridized carbons (Fsp3) is 0.526. The Labute approximate surface area is 147 Å². The van der Waals surface area contributed by atoms with Crippen LogP contribution in [0.15, 0.2) is 24.3 Å². The standard InChI is InChI=1S/C19H24N2O4/c1-18(2,3)25-17(24)21-15-6-4-5-14(9-15)19(12-16(22)23)10-13(11-19)7-8-20/h4-6,9,13H,7,10-12H2,1-3H3,(H,21,24)(H,22,23). The number of hydrogen-bond donors (Lipinski definition) is 2. The lowest BCUT2D eigenvalue weighted by Crippen LogP contribution is -2.43. The fourth-order valence-electron chi connectivity index (χ4n) is 3.44. The maximum absolute atomic E-state index is 11.9. The van der Waals surface area contributed by atoms with E-state index in [2.05, 4.69) is 11.4 Å². The van der Waals surface area contributed by atoms with E-state index in [0.717, 1.165) is 5.56 Å². The normalized spacial score (nSPS) is 22.4. The van der Waals surface area contributed by atoms with E-state index in [9.17, 15) is 14.7 Å². The highest BCUT2D eigenvalue weighted by Gasteiger charge is 2.46. The average molecular weight is 344 g/mol. The summed E-state index contributed by atoms with van der Waals surface area (Å²) in [5.41, 5.74) is 0.377. The molecule has 0 bridgehead atoms. The van der Waals surface area contributed by atoms with Gasteiger partial charge >= 0.3 is 12.1 Å². The number of nitrogens with zero attached hydrogens (tertiary/aromatic N) is 1. The first-order chi connectivity index (χ1) is 11.6. The molecule has 25 heavy (non-hydrogen) atoms. The SMILES string of the molecule is CC(C)(C)OC(=O)Nc1cccc(C2(CC(=O)O)CC(CC#N)C2)c1. The van der Waals surface area contributed by atoms with Crippen molar-refractivity contribution in [2.45, 2.75) is 57.5 Å². The van der Waals surface area contributed by atoms with Gasteiger partial charge in [-0.15, -0.1) is 0 Å². The van der Waals surface area contributed by atoms with E-state index in [1.54, 1.807) is 39.0 Å². The summed E-state index contributed by atoms with van der Waals surface area (Å²) in [5, 5.41) is 20.8. The van der Waals surface area contributed by atoms with Crippen LogP contribution in [0.1, 0.15) is 52.0 Å². The number of carbonyl (C=O) groups is 2. The number of aliphatic carboxylic acids is 1. The molecule has 0 radical (unpaired) electrons. The second-order valence-corrected chi connectivity index (χ2v) is 7.70. The fourth-order valence-corrected chi connectivity index (χ4v) is 3.44. The maximum atomic E-state index is 11.9. The van der Waals surface area contributed by atoms with Gasteiger partial charge in [-0.3, -0.25) is 10.1 Å². The van der Waals surface area contributed by atoms with E-state index in [4.69, 9.17) is 10.00 Å². The molecule has 1 aliphatic rings. The summed E-state index contributed by atoms with van der Waals surface area (Å²) < 4.78 is 5.24. The monoisotopic (exact) mass is 344 g/mol. The Morgan fingerprint density at radius 2 is 2.08 bits per heavy atom. The quantitative estimate of drug-likeness (QED) is 0.839. The third-order valence-corrected chi connectivity index (χ3v) is 4.35. The van der Waals surface area contributed by atoms with Gasteiger partial charge in [-0.1, -0.05) is 12.1 Å². The molecule has 1 aromatic carbocycles. The number of ether oxygens (including phenoxy) is 1. The second-order valence-electron chi connectivity index (χ2n) is 7.70. The minimum atomic E-state index is -0.860. The number of rotatable bonds is 5. The van der Waals surface area contributed by atoms with Crippen LogP contribution in [0.4, 0.5) is 10.5 Å². The molecule has 2 N–H and O–H groups in total. The predicted octanol–water partition coefficient (Wildman–Crippen LogP) is 4.07. The van der Waals surface area contributed by atoms with Gasteiger partial charge in [0.2, 0.25) is 0 Å². The van der Waals surface area contributed by atoms with Gasteiger partial charge < -0.3 is 9.84 Å². The first-order valence-electron chi connectivity index (χ1n) is 8.33. The van der Waals surface area contributed by atoms with Gasteiger partial charge in [-0.05, 0) is 57.2 Å². The van der Waals surface area contributed by atoms with E-state index >= 15 is 0 Å². The molecule has 6 heteroatoms. The topological polar surface area (TPSA) is 99.4 Å². The van der Waals surface area contributed by atoms with Crippen LogP contribution in [0.25, 0.3) is 0 Å². The molecule has 1 amide bonds. The Balaban J connectivity index is 2.16. The lowest BCUT2D eigenvalue weighted by Gasteiger charge is -2.47. The third kappa shape index (κ3) is 4.96. The van der Waals surface area contributed by atoms with E-state index in [-0.39, 0.29) is 12.3 Å². The third-order valence-electron chi connectivity index (χ3n) is 4.35. The van der Waals surface area contributed by atoms with Crippen molar-refractivity contribution in [3.05, 3.63) is 29.8 Å². The summed E-state index contributed by atoms with van der Waals surface area (Å²) in [7, 11) is 0. The van der Waals surface area contributed by atoms with Crippen LogP contribution in [0.2, 0.25) is 0 Å². The molecule has 1 aromatic rings. The molecular weight excluding hydrogens is 320 g/mol. The Kier molecular flexibility index (Phi) is 5.36. The van der Waals surface area contributed by atoms with Crippen LogP contribution in [-0.2, 0) is 14.9 Å². The van der Waals surface area contributed by atoms with Crippen molar-refractivity contribution in [3.63, 3.8) is 0 Å². The molecule has 0 heterocycles. The zero-order valence-electron chi connectivity index (χ0n) is 14.8. The van der Waals surface area contributed by atoms with Crippen molar-refractivity contribution in [1.82, 2.24) is 0 Å². The Morgan fingerprint density at radius 3 is 2.64 bits per heavy atom. The van der Waals surface area contributed by atoms with E-state index < -0.39 is 23.1 Å². The van der Waals surface area contributed by atoms with Crippen LogP contribution < -0.4 is 5.32 Å². The van der Waals surface area contributed by atoms with Gasteiger partial charge in [-0.25, -0.2) is 4.79 Å². The van der Waals surface area contributed by atoms with Gasteiger partial charge in [0.05, 0.1) is 12.5 Å². The molecule has 0 spiro atoms. The zero-order valence-corrected chi connectivity index (χ0v) is 14.8. The van der Waals surface area contributed by atoms with Crippen molar-refractivity contribution >= 4 is 17.7 Å². The molecule has 1 saturated carbocycles. The van der Waals surface area contributed by atoms with Crippen LogP contribution in [-0.4, -0.2) is 22.8 Å². The molecule has 0 aliphatic heterocycles. The molecular formula is C19H24N2O4. The average Bonchev–Trinajstić information content (AvgIpc) is 2.42. The summed E-state index contributed by atoms with van der Waals surface area (Å²) >= 11 is 0. The highest BCUT2D eigenvalue weighted by atomic mass is 16.6. The van der Waals surface area contributed by atoms with Gasteiger partial charge in [0, 0.05) is 17.5 Å². The molecule has 134 valence electrons. The Hall–Kier alpha value is -2.55. The Bertz CT molecular complexity index is 694. The number of benzene rings is 1. The summed E-state index contributed by atoms with van der Waals surface area (Å²) in [6.07, 6.45) is 1.25. The molecule has 6 nitrogen and oxygen atoms in total. The number of carboxylic acids is 1. The lowest BCUT2D eigenvalue weighted by atomic mass is 9.56. The van der Waals surface area contributed by atoms with Crippen LogP contribution >= 0.6 is 0 Å². The first-order valence-corrected chi connectivity index (χ1v) is 8.33. The zero-order chi connectivity index (χ0) is 18.7. The van der Waals surface area contributed by atoms with E-state index in [0.29, 0.717) is 24.9 Å². The van der Waals surface area contributed by atoms with Crippen molar-refractivity contribution in [1.29, 1.82) is 5.26 Å². The molecule has 1 fully saturated rings. The van der Waals surface area contributed by atoms with E-state index in [1.807, 2.05) is 6.07 Å². The summed E-state index contributed by atoms with van der Waals surface area (Å²) in [6.45, 7) is 5.36. The van der Waals surface area contributed by atoms with Gasteiger partial charge in [-0.2, -0.15) is 5.26 Å². The summed E-state index contributed by atoms with van der Waals surface area (Å²) in [5.74, 6) is -0.632. The molecule has 0 atom stereocenters. The minimum Gasteiger partial charge on any atom is -0.481 e. The number of carboxylic acid groups (broad SMARTS) is 1. The smallest absolute Gasteiger partial charge is 0.412 e. The highest BCUT2D eigenvalue weighted by Crippen LogP contribution is 2.51. The Morgan fingerprint density at radius 1 is 1.40 bits per heavy atom. The van der Waals surface area contributed by atoms with Crippen LogP contribution in [0, 0.1) is 17.2 Å². The summed E-state index contributed by atoms with van der Waals surface area (Å²) in [6, 6.07) is 9.37. The number of carbonyl (C=O) groups excluding carboxylic acids is 1. The number of amides is 1. The van der Waals surface area contributed by atoms with E-state index in [1.165, 1.54) is 0 Å². The van der Waals surface area contributed by atoms with Crippen molar-refractivity contribution in [2.75, 3.05) is 5.32 Å². The second kappa shape index (κ2) is 7.14. The molecule has 0 saturated heterocycles. The van der Waals surface area contributed by atoms with Crippen LogP contribution in [0.5, 0.6) is 0 Å². The highest BCUT2D eigenvalue weighted by molar-refractivity contribution is 5.85. The minimum absolute atomic E-state index is 0.0187. The number of hydrogen-bond acceptors (Lipinski definition) is 4. The molecule has 0 aromatic heterocycles. The maximum Gasteiger partial charge on any atom is 0.412 e. The lowest BCUT2D eigenvalue weighted by molar-refractivity contribution is -0.140. The van der Waals surface area contributed by atoms with Crippen molar-refractivity contribution < 1.29 is 19.4 Å². The number of nitriles is 1. The molecule has 0 unspecified atom stereocenters. The predicted molar refractivity (Wildman–Crippen MR) is 93.2 cm³/mol. The number of anilines is 1.